The lowest BCUT2D eigenvalue weighted by molar-refractivity contribution is -0.139. The summed E-state index contributed by atoms with van der Waals surface area (Å²) in [5.74, 6) is -1.000. The number of carbonyl (C=O) groups excluding carboxylic acids is 1. The number of amides is 1. The molecule has 2 aromatic rings. The van der Waals surface area contributed by atoms with E-state index < -0.39 is 23.7 Å². The van der Waals surface area contributed by atoms with Crippen molar-refractivity contribution in [2.45, 2.75) is 45.4 Å². The first-order valence-corrected chi connectivity index (χ1v) is 8.85. The summed E-state index contributed by atoms with van der Waals surface area (Å²) in [5, 5.41) is 21.8. The number of carboxylic acids is 1. The molecule has 0 bridgehead atoms. The minimum Gasteiger partial charge on any atom is -0.504 e. The lowest BCUT2D eigenvalue weighted by Gasteiger charge is -2.22. The van der Waals surface area contributed by atoms with Crippen molar-refractivity contribution in [1.82, 2.24) is 5.32 Å². The van der Waals surface area contributed by atoms with Crippen molar-refractivity contribution in [3.05, 3.63) is 59.7 Å². The zero-order valence-corrected chi connectivity index (χ0v) is 16.1. The van der Waals surface area contributed by atoms with Gasteiger partial charge in [0.2, 0.25) is 0 Å². The van der Waals surface area contributed by atoms with Crippen LogP contribution in [0.25, 0.3) is 0 Å². The summed E-state index contributed by atoms with van der Waals surface area (Å²) in [6.45, 7) is 5.34. The molecule has 1 atom stereocenters. The van der Waals surface area contributed by atoms with Gasteiger partial charge in [-0.3, -0.25) is 0 Å². The van der Waals surface area contributed by atoms with Crippen LogP contribution in [0.1, 0.15) is 31.9 Å². The SMILES string of the molecule is CC(C)(C)OC(=O)NC(Cc1ccc(O)c(OCc2ccccc2)c1)C(=O)O. The Morgan fingerprint density at radius 3 is 2.36 bits per heavy atom. The average Bonchev–Trinajstić information content (AvgIpc) is 2.60. The molecule has 28 heavy (non-hydrogen) atoms. The van der Waals surface area contributed by atoms with Gasteiger partial charge in [-0.25, -0.2) is 9.59 Å². The van der Waals surface area contributed by atoms with E-state index in [0.29, 0.717) is 5.56 Å². The minimum absolute atomic E-state index is 0.0105. The van der Waals surface area contributed by atoms with Gasteiger partial charge < -0.3 is 25.0 Å². The molecule has 2 aromatic carbocycles. The molecule has 2 rings (SSSR count). The van der Waals surface area contributed by atoms with E-state index in [-0.39, 0.29) is 24.5 Å². The van der Waals surface area contributed by atoms with Gasteiger partial charge >= 0.3 is 12.1 Å². The van der Waals surface area contributed by atoms with E-state index >= 15 is 0 Å². The molecular weight excluding hydrogens is 362 g/mol. The van der Waals surface area contributed by atoms with Crippen LogP contribution in [0.15, 0.2) is 48.5 Å². The monoisotopic (exact) mass is 387 g/mol. The van der Waals surface area contributed by atoms with E-state index in [2.05, 4.69) is 5.32 Å². The first-order valence-electron chi connectivity index (χ1n) is 8.85. The van der Waals surface area contributed by atoms with Crippen molar-refractivity contribution in [2.75, 3.05) is 0 Å². The molecule has 0 saturated heterocycles. The van der Waals surface area contributed by atoms with Crippen molar-refractivity contribution < 1.29 is 29.3 Å². The third-order valence-corrected chi connectivity index (χ3v) is 3.69. The molecule has 150 valence electrons. The first kappa shape index (κ1) is 21.1. The molecule has 0 aliphatic rings. The van der Waals surface area contributed by atoms with Crippen LogP contribution in [0.2, 0.25) is 0 Å². The first-order chi connectivity index (χ1) is 13.1. The molecule has 0 saturated carbocycles. The van der Waals surface area contributed by atoms with Gasteiger partial charge in [0.15, 0.2) is 11.5 Å². The van der Waals surface area contributed by atoms with Crippen LogP contribution in [0.5, 0.6) is 11.5 Å². The Kier molecular flexibility index (Phi) is 6.87. The summed E-state index contributed by atoms with van der Waals surface area (Å²) in [7, 11) is 0. The van der Waals surface area contributed by atoms with E-state index in [9.17, 15) is 19.8 Å². The standard InChI is InChI=1S/C21H25NO6/c1-21(2,3)28-20(26)22-16(19(24)25)11-15-9-10-17(23)18(12-15)27-13-14-7-5-4-6-8-14/h4-10,12,16,23H,11,13H2,1-3H3,(H,22,26)(H,24,25). The molecule has 0 aliphatic heterocycles. The fraction of sp³-hybridized carbons (Fsp3) is 0.333. The molecule has 0 fully saturated rings. The van der Waals surface area contributed by atoms with E-state index in [0.717, 1.165) is 5.56 Å². The lowest BCUT2D eigenvalue weighted by Crippen LogP contribution is -2.44. The number of ether oxygens (including phenoxy) is 2. The fourth-order valence-electron chi connectivity index (χ4n) is 2.42. The molecular formula is C21H25NO6. The van der Waals surface area contributed by atoms with Crippen LogP contribution in [0, 0.1) is 0 Å². The third kappa shape index (κ3) is 6.83. The largest absolute Gasteiger partial charge is 0.504 e. The van der Waals surface area contributed by atoms with Crippen molar-refractivity contribution in [2.24, 2.45) is 0 Å². The predicted molar refractivity (Wildman–Crippen MR) is 103 cm³/mol. The number of phenolic OH excluding ortho intramolecular Hbond substituents is 1. The Morgan fingerprint density at radius 1 is 1.07 bits per heavy atom. The maximum Gasteiger partial charge on any atom is 0.408 e. The van der Waals surface area contributed by atoms with Crippen LogP contribution < -0.4 is 10.1 Å². The third-order valence-electron chi connectivity index (χ3n) is 3.69. The predicted octanol–water partition coefficient (Wildman–Crippen LogP) is 3.49. The number of carboxylic acid groups (broad SMARTS) is 1. The summed E-state index contributed by atoms with van der Waals surface area (Å²) in [4.78, 5) is 23.4. The summed E-state index contributed by atoms with van der Waals surface area (Å²) in [6, 6.07) is 12.8. The molecule has 7 heteroatoms. The number of aliphatic carboxylic acids is 1. The van der Waals surface area contributed by atoms with Gasteiger partial charge in [-0.05, 0) is 44.0 Å². The summed E-state index contributed by atoms with van der Waals surface area (Å²) >= 11 is 0. The maximum atomic E-state index is 11.9. The van der Waals surface area contributed by atoms with Gasteiger partial charge in [-0.1, -0.05) is 36.4 Å². The Labute approximate surface area is 163 Å². The van der Waals surface area contributed by atoms with Crippen LogP contribution in [-0.2, 0) is 22.6 Å². The van der Waals surface area contributed by atoms with Crippen molar-refractivity contribution >= 4 is 12.1 Å². The Bertz CT molecular complexity index is 813. The van der Waals surface area contributed by atoms with Crippen molar-refractivity contribution in [3.63, 3.8) is 0 Å². The summed E-state index contributed by atoms with van der Waals surface area (Å²) < 4.78 is 10.8. The van der Waals surface area contributed by atoms with E-state index in [1.54, 1.807) is 32.9 Å². The Hall–Kier alpha value is -3.22. The normalized spacial score (nSPS) is 12.1. The zero-order chi connectivity index (χ0) is 20.7. The zero-order valence-electron chi connectivity index (χ0n) is 16.1. The summed E-state index contributed by atoms with van der Waals surface area (Å²) in [6.07, 6.45) is -0.796. The van der Waals surface area contributed by atoms with Gasteiger partial charge in [0.25, 0.3) is 0 Å². The number of rotatable bonds is 7. The number of alkyl carbamates (subject to hydrolysis) is 1. The van der Waals surface area contributed by atoms with Crippen LogP contribution >= 0.6 is 0 Å². The number of carbonyl (C=O) groups is 2. The number of phenols is 1. The number of hydrogen-bond acceptors (Lipinski definition) is 5. The topological polar surface area (TPSA) is 105 Å². The molecule has 0 spiro atoms. The molecule has 1 unspecified atom stereocenters. The highest BCUT2D eigenvalue weighted by atomic mass is 16.6. The summed E-state index contributed by atoms with van der Waals surface area (Å²) in [5.41, 5.74) is 0.788. The van der Waals surface area contributed by atoms with Gasteiger partial charge in [0.05, 0.1) is 0 Å². The lowest BCUT2D eigenvalue weighted by atomic mass is 10.1. The van der Waals surface area contributed by atoms with Crippen molar-refractivity contribution in [3.8, 4) is 11.5 Å². The van der Waals surface area contributed by atoms with Gasteiger partial charge in [0, 0.05) is 6.42 Å². The fourth-order valence-corrected chi connectivity index (χ4v) is 2.42. The van der Waals surface area contributed by atoms with Gasteiger partial charge in [-0.15, -0.1) is 0 Å². The molecule has 0 radical (unpaired) electrons. The van der Waals surface area contributed by atoms with Crippen LogP contribution in [0.3, 0.4) is 0 Å². The highest BCUT2D eigenvalue weighted by Crippen LogP contribution is 2.28. The smallest absolute Gasteiger partial charge is 0.408 e. The molecule has 0 aromatic heterocycles. The van der Waals surface area contributed by atoms with E-state index in [1.807, 2.05) is 30.3 Å². The number of benzene rings is 2. The Balaban J connectivity index is 2.06. The number of hydrogen-bond donors (Lipinski definition) is 3. The van der Waals surface area contributed by atoms with Crippen LogP contribution in [0.4, 0.5) is 4.79 Å². The minimum atomic E-state index is -1.19. The molecule has 0 aliphatic carbocycles. The van der Waals surface area contributed by atoms with Crippen molar-refractivity contribution in [1.29, 1.82) is 0 Å². The highest BCUT2D eigenvalue weighted by molar-refractivity contribution is 5.80. The molecule has 0 heterocycles. The number of nitrogens with one attached hydrogen (secondary N) is 1. The molecule has 7 nitrogen and oxygen atoms in total. The quantitative estimate of drug-likeness (QED) is 0.672. The second-order valence-electron chi connectivity index (χ2n) is 7.32. The van der Waals surface area contributed by atoms with E-state index in [4.69, 9.17) is 9.47 Å². The maximum absolute atomic E-state index is 11.9. The molecule has 1 amide bonds. The highest BCUT2D eigenvalue weighted by Gasteiger charge is 2.24. The second kappa shape index (κ2) is 9.12. The second-order valence-corrected chi connectivity index (χ2v) is 7.32. The van der Waals surface area contributed by atoms with E-state index in [1.165, 1.54) is 6.07 Å². The average molecular weight is 387 g/mol. The molecule has 3 N–H and O–H groups in total. The number of aromatic hydroxyl groups is 1. The van der Waals surface area contributed by atoms with Gasteiger partial charge in [-0.2, -0.15) is 0 Å². The Morgan fingerprint density at radius 2 is 1.75 bits per heavy atom. The van der Waals surface area contributed by atoms with Crippen LogP contribution in [-0.4, -0.2) is 33.9 Å². The van der Waals surface area contributed by atoms with Gasteiger partial charge in [0.1, 0.15) is 18.2 Å².